The fraction of sp³-hybridized carbons (Fsp3) is 0.176. The molecule has 1 aromatic heterocycles. The van der Waals surface area contributed by atoms with Crippen LogP contribution in [0.3, 0.4) is 0 Å². The minimum absolute atomic E-state index is 1.17. The molecule has 0 unspecified atom stereocenters. The highest BCUT2D eigenvalue weighted by molar-refractivity contribution is 9.10. The van der Waals surface area contributed by atoms with Crippen molar-refractivity contribution in [3.05, 3.63) is 58.1 Å². The van der Waals surface area contributed by atoms with E-state index in [1.54, 1.807) is 0 Å². The second kappa shape index (κ2) is 4.24. The molecule has 0 saturated heterocycles. The van der Waals surface area contributed by atoms with Gasteiger partial charge < -0.3 is 4.98 Å². The molecule has 2 heteroatoms. The van der Waals surface area contributed by atoms with E-state index in [1.165, 1.54) is 57.0 Å². The summed E-state index contributed by atoms with van der Waals surface area (Å²) >= 11 is 3.70. The van der Waals surface area contributed by atoms with Gasteiger partial charge in [0, 0.05) is 21.1 Å². The first-order chi connectivity index (χ1) is 9.34. The van der Waals surface area contributed by atoms with Gasteiger partial charge in [0.25, 0.3) is 0 Å². The van der Waals surface area contributed by atoms with Crippen molar-refractivity contribution in [1.82, 2.24) is 4.98 Å². The van der Waals surface area contributed by atoms with Crippen molar-refractivity contribution in [1.29, 1.82) is 0 Å². The predicted octanol–water partition coefficient (Wildman–Crippen LogP) is 5.09. The van der Waals surface area contributed by atoms with E-state index in [2.05, 4.69) is 63.4 Å². The normalized spacial score (nSPS) is 13.9. The summed E-state index contributed by atoms with van der Waals surface area (Å²) in [7, 11) is 0. The van der Waals surface area contributed by atoms with Crippen LogP contribution in [0.15, 0.2) is 46.9 Å². The monoisotopic (exact) mass is 311 g/mol. The Kier molecular flexibility index (Phi) is 2.52. The Morgan fingerprint density at radius 1 is 0.895 bits per heavy atom. The van der Waals surface area contributed by atoms with Gasteiger partial charge in [-0.05, 0) is 48.1 Å². The standard InChI is InChI=1S/C17H14BrN/c18-14-9-10-15-16-12(14)7-4-8-13(16)17(19-15)11-5-2-1-3-6-11/h1-3,5-6,9-10,19H,4,7-8H2. The number of aromatic nitrogens is 1. The number of hydrogen-bond acceptors (Lipinski definition) is 0. The fourth-order valence-corrected chi connectivity index (χ4v) is 3.72. The lowest BCUT2D eigenvalue weighted by Crippen LogP contribution is -2.00. The predicted molar refractivity (Wildman–Crippen MR) is 83.5 cm³/mol. The highest BCUT2D eigenvalue weighted by Crippen LogP contribution is 2.39. The summed E-state index contributed by atoms with van der Waals surface area (Å²) in [6, 6.07) is 15.0. The van der Waals surface area contributed by atoms with Gasteiger partial charge in [-0.1, -0.05) is 46.3 Å². The number of rotatable bonds is 1. The molecule has 1 aliphatic carbocycles. The van der Waals surface area contributed by atoms with Crippen LogP contribution in [-0.2, 0) is 12.8 Å². The minimum Gasteiger partial charge on any atom is -0.354 e. The maximum Gasteiger partial charge on any atom is 0.0497 e. The maximum atomic E-state index is 3.70. The molecule has 0 spiro atoms. The van der Waals surface area contributed by atoms with Crippen LogP contribution in [0.2, 0.25) is 0 Å². The Labute approximate surface area is 120 Å². The van der Waals surface area contributed by atoms with Gasteiger partial charge in [0.1, 0.15) is 0 Å². The largest absolute Gasteiger partial charge is 0.354 e. The van der Waals surface area contributed by atoms with E-state index in [1.807, 2.05) is 0 Å². The van der Waals surface area contributed by atoms with Crippen LogP contribution in [0.4, 0.5) is 0 Å². The number of aromatic amines is 1. The summed E-state index contributed by atoms with van der Waals surface area (Å²) in [5, 5.41) is 1.44. The summed E-state index contributed by atoms with van der Waals surface area (Å²) in [5.41, 5.74) is 6.82. The molecule has 0 radical (unpaired) electrons. The van der Waals surface area contributed by atoms with Gasteiger partial charge in [-0.25, -0.2) is 0 Å². The maximum absolute atomic E-state index is 3.70. The van der Waals surface area contributed by atoms with Gasteiger partial charge >= 0.3 is 0 Å². The summed E-state index contributed by atoms with van der Waals surface area (Å²) in [6.07, 6.45) is 3.59. The molecule has 0 bridgehead atoms. The smallest absolute Gasteiger partial charge is 0.0497 e. The molecule has 0 aliphatic heterocycles. The van der Waals surface area contributed by atoms with Gasteiger partial charge in [-0.15, -0.1) is 0 Å². The van der Waals surface area contributed by atoms with Gasteiger partial charge in [0.05, 0.1) is 0 Å². The summed E-state index contributed by atoms with van der Waals surface area (Å²) < 4.78 is 1.25. The minimum atomic E-state index is 1.17. The van der Waals surface area contributed by atoms with Crippen LogP contribution >= 0.6 is 15.9 Å². The van der Waals surface area contributed by atoms with Crippen molar-refractivity contribution >= 4 is 26.8 Å². The van der Waals surface area contributed by atoms with E-state index in [0.29, 0.717) is 0 Å². The SMILES string of the molecule is Brc1ccc2[nH]c(-c3ccccc3)c3c2c1CCC3. The molecule has 0 atom stereocenters. The van der Waals surface area contributed by atoms with Crippen molar-refractivity contribution in [2.45, 2.75) is 19.3 Å². The highest BCUT2D eigenvalue weighted by Gasteiger charge is 2.20. The number of H-pyrrole nitrogens is 1. The van der Waals surface area contributed by atoms with Crippen molar-refractivity contribution in [2.24, 2.45) is 0 Å². The van der Waals surface area contributed by atoms with Crippen LogP contribution in [0, 0.1) is 0 Å². The molecule has 2 aromatic carbocycles. The zero-order valence-electron chi connectivity index (χ0n) is 10.5. The van der Waals surface area contributed by atoms with Crippen molar-refractivity contribution < 1.29 is 0 Å². The Balaban J connectivity index is 2.07. The Hall–Kier alpha value is -1.54. The Morgan fingerprint density at radius 2 is 1.68 bits per heavy atom. The van der Waals surface area contributed by atoms with E-state index < -0.39 is 0 Å². The molecule has 1 heterocycles. The Morgan fingerprint density at radius 3 is 2.53 bits per heavy atom. The quantitative estimate of drug-likeness (QED) is 0.644. The molecule has 4 rings (SSSR count). The van der Waals surface area contributed by atoms with E-state index in [-0.39, 0.29) is 0 Å². The zero-order valence-corrected chi connectivity index (χ0v) is 12.1. The molecule has 1 aliphatic rings. The van der Waals surface area contributed by atoms with Crippen LogP contribution in [0.5, 0.6) is 0 Å². The van der Waals surface area contributed by atoms with Gasteiger partial charge in [0.2, 0.25) is 0 Å². The third-order valence-corrected chi connectivity index (χ3v) is 4.78. The summed E-state index contributed by atoms with van der Waals surface area (Å²) in [4.78, 5) is 3.62. The molecule has 0 fully saturated rings. The molecule has 94 valence electrons. The van der Waals surface area contributed by atoms with Crippen LogP contribution in [0.25, 0.3) is 22.2 Å². The molecular formula is C17H14BrN. The van der Waals surface area contributed by atoms with E-state index in [0.717, 1.165) is 0 Å². The molecular weight excluding hydrogens is 298 g/mol. The number of nitrogens with one attached hydrogen (secondary N) is 1. The lowest BCUT2D eigenvalue weighted by Gasteiger charge is -2.15. The van der Waals surface area contributed by atoms with Gasteiger partial charge in [-0.3, -0.25) is 0 Å². The summed E-state index contributed by atoms with van der Waals surface area (Å²) in [6.45, 7) is 0. The second-order valence-electron chi connectivity index (χ2n) is 5.15. The zero-order chi connectivity index (χ0) is 12.8. The first kappa shape index (κ1) is 11.3. The van der Waals surface area contributed by atoms with Gasteiger partial charge in [-0.2, -0.15) is 0 Å². The van der Waals surface area contributed by atoms with Crippen molar-refractivity contribution in [2.75, 3.05) is 0 Å². The average molecular weight is 312 g/mol. The van der Waals surface area contributed by atoms with Crippen LogP contribution in [-0.4, -0.2) is 4.98 Å². The van der Waals surface area contributed by atoms with Crippen molar-refractivity contribution in [3.63, 3.8) is 0 Å². The second-order valence-corrected chi connectivity index (χ2v) is 6.00. The molecule has 1 N–H and O–H groups in total. The van der Waals surface area contributed by atoms with E-state index in [4.69, 9.17) is 0 Å². The summed E-state index contributed by atoms with van der Waals surface area (Å²) in [5.74, 6) is 0. The lowest BCUT2D eigenvalue weighted by molar-refractivity contribution is 0.808. The van der Waals surface area contributed by atoms with E-state index in [9.17, 15) is 0 Å². The number of halogens is 1. The number of benzene rings is 2. The van der Waals surface area contributed by atoms with E-state index >= 15 is 0 Å². The van der Waals surface area contributed by atoms with Gasteiger partial charge in [0.15, 0.2) is 0 Å². The molecule has 19 heavy (non-hydrogen) atoms. The lowest BCUT2D eigenvalue weighted by atomic mass is 9.90. The molecule has 1 nitrogen and oxygen atoms in total. The molecule has 3 aromatic rings. The molecule has 0 saturated carbocycles. The van der Waals surface area contributed by atoms with Crippen LogP contribution < -0.4 is 0 Å². The Bertz CT molecular complexity index is 756. The third kappa shape index (κ3) is 1.67. The average Bonchev–Trinajstić information content (AvgIpc) is 2.84. The topological polar surface area (TPSA) is 15.8 Å². The molecule has 0 amide bonds. The fourth-order valence-electron chi connectivity index (χ4n) is 3.19. The van der Waals surface area contributed by atoms with Crippen molar-refractivity contribution in [3.8, 4) is 11.3 Å². The van der Waals surface area contributed by atoms with Crippen LogP contribution in [0.1, 0.15) is 17.5 Å². The third-order valence-electron chi connectivity index (χ3n) is 4.03. The number of aryl methyl sites for hydroxylation is 2. The number of hydrogen-bond donors (Lipinski definition) is 1. The first-order valence-corrected chi connectivity index (χ1v) is 7.51. The first-order valence-electron chi connectivity index (χ1n) is 6.72. The highest BCUT2D eigenvalue weighted by atomic mass is 79.9.